The monoisotopic (exact) mass is 281 g/mol. The standard InChI is InChI=1S/C14H23N3OS/c1-9-5-10(2)7-11(6-9)16-14(18)12-8-19-13(17-12)3-4-15/h8-11H,3-7,15H2,1-2H3,(H,16,18). The Bertz CT molecular complexity index is 422. The summed E-state index contributed by atoms with van der Waals surface area (Å²) in [7, 11) is 0. The van der Waals surface area contributed by atoms with Gasteiger partial charge in [-0.1, -0.05) is 13.8 Å². The lowest BCUT2D eigenvalue weighted by molar-refractivity contribution is 0.0906. The lowest BCUT2D eigenvalue weighted by Crippen LogP contribution is -2.40. The lowest BCUT2D eigenvalue weighted by atomic mass is 9.80. The number of aromatic nitrogens is 1. The van der Waals surface area contributed by atoms with Crippen LogP contribution in [0.2, 0.25) is 0 Å². The molecule has 0 radical (unpaired) electrons. The Balaban J connectivity index is 1.92. The number of amides is 1. The van der Waals surface area contributed by atoms with Gasteiger partial charge in [-0.05, 0) is 37.6 Å². The summed E-state index contributed by atoms with van der Waals surface area (Å²) in [6.07, 6.45) is 4.17. The average Bonchev–Trinajstić information content (AvgIpc) is 2.76. The first-order chi connectivity index (χ1) is 9.08. The van der Waals surface area contributed by atoms with Gasteiger partial charge in [0.25, 0.3) is 5.91 Å². The molecule has 0 aliphatic heterocycles. The predicted molar refractivity (Wildman–Crippen MR) is 78.3 cm³/mol. The van der Waals surface area contributed by atoms with Crippen LogP contribution in [-0.2, 0) is 6.42 Å². The van der Waals surface area contributed by atoms with E-state index in [2.05, 4.69) is 24.1 Å². The first-order valence-corrected chi connectivity index (χ1v) is 7.91. The number of nitrogens with zero attached hydrogens (tertiary/aromatic N) is 1. The van der Waals surface area contributed by atoms with Gasteiger partial charge in [0.15, 0.2) is 0 Å². The summed E-state index contributed by atoms with van der Waals surface area (Å²) in [5.74, 6) is 1.35. The Morgan fingerprint density at radius 2 is 2.11 bits per heavy atom. The van der Waals surface area contributed by atoms with Crippen LogP contribution in [0.15, 0.2) is 5.38 Å². The van der Waals surface area contributed by atoms with Crippen LogP contribution in [0, 0.1) is 11.8 Å². The van der Waals surface area contributed by atoms with Crippen molar-refractivity contribution in [1.29, 1.82) is 0 Å². The smallest absolute Gasteiger partial charge is 0.270 e. The minimum absolute atomic E-state index is 0.0363. The second-order valence-electron chi connectivity index (χ2n) is 5.75. The van der Waals surface area contributed by atoms with Crippen molar-refractivity contribution in [3.05, 3.63) is 16.1 Å². The molecule has 1 fully saturated rings. The molecule has 1 saturated carbocycles. The van der Waals surface area contributed by atoms with Crippen molar-refractivity contribution < 1.29 is 4.79 Å². The minimum Gasteiger partial charge on any atom is -0.348 e. The number of nitrogens with one attached hydrogen (secondary N) is 1. The number of carbonyl (C=O) groups excluding carboxylic acids is 1. The van der Waals surface area contributed by atoms with E-state index in [1.54, 1.807) is 0 Å². The van der Waals surface area contributed by atoms with Crippen molar-refractivity contribution in [3.63, 3.8) is 0 Å². The third-order valence-electron chi connectivity index (χ3n) is 3.66. The zero-order chi connectivity index (χ0) is 13.8. The first kappa shape index (κ1) is 14.5. The fourth-order valence-corrected chi connectivity index (χ4v) is 3.77. The molecule has 2 atom stereocenters. The summed E-state index contributed by atoms with van der Waals surface area (Å²) in [6, 6.07) is 0.297. The minimum atomic E-state index is -0.0363. The van der Waals surface area contributed by atoms with Gasteiger partial charge in [0.1, 0.15) is 5.69 Å². The van der Waals surface area contributed by atoms with E-state index in [4.69, 9.17) is 5.73 Å². The van der Waals surface area contributed by atoms with Crippen LogP contribution in [0.4, 0.5) is 0 Å². The van der Waals surface area contributed by atoms with Gasteiger partial charge in [-0.25, -0.2) is 4.98 Å². The molecule has 1 amide bonds. The van der Waals surface area contributed by atoms with Crippen LogP contribution in [0.3, 0.4) is 0 Å². The largest absolute Gasteiger partial charge is 0.348 e. The van der Waals surface area contributed by atoms with Crippen molar-refractivity contribution in [2.24, 2.45) is 17.6 Å². The van der Waals surface area contributed by atoms with E-state index in [0.717, 1.165) is 24.3 Å². The van der Waals surface area contributed by atoms with Gasteiger partial charge in [0.05, 0.1) is 5.01 Å². The molecule has 19 heavy (non-hydrogen) atoms. The maximum absolute atomic E-state index is 12.1. The molecule has 2 rings (SSSR count). The number of nitrogens with two attached hydrogens (primary N) is 1. The lowest BCUT2D eigenvalue weighted by Gasteiger charge is -2.31. The number of hydrogen-bond acceptors (Lipinski definition) is 4. The zero-order valence-electron chi connectivity index (χ0n) is 11.7. The fraction of sp³-hybridized carbons (Fsp3) is 0.714. The van der Waals surface area contributed by atoms with Crippen molar-refractivity contribution in [2.45, 2.75) is 45.6 Å². The molecule has 5 heteroatoms. The van der Waals surface area contributed by atoms with E-state index >= 15 is 0 Å². The Hall–Kier alpha value is -0.940. The Morgan fingerprint density at radius 3 is 2.74 bits per heavy atom. The highest BCUT2D eigenvalue weighted by atomic mass is 32.1. The molecule has 2 unspecified atom stereocenters. The van der Waals surface area contributed by atoms with Crippen LogP contribution in [0.5, 0.6) is 0 Å². The van der Waals surface area contributed by atoms with Gasteiger partial charge in [-0.3, -0.25) is 4.79 Å². The first-order valence-electron chi connectivity index (χ1n) is 7.03. The van der Waals surface area contributed by atoms with Crippen molar-refractivity contribution in [1.82, 2.24) is 10.3 Å². The van der Waals surface area contributed by atoms with Crippen molar-refractivity contribution >= 4 is 17.2 Å². The van der Waals surface area contributed by atoms with E-state index in [1.807, 2.05) is 5.38 Å². The predicted octanol–water partition coefficient (Wildman–Crippen LogP) is 2.20. The summed E-state index contributed by atoms with van der Waals surface area (Å²) in [5.41, 5.74) is 6.03. The molecular weight excluding hydrogens is 258 g/mol. The van der Waals surface area contributed by atoms with Crippen molar-refractivity contribution in [2.75, 3.05) is 6.54 Å². The van der Waals surface area contributed by atoms with Gasteiger partial charge in [-0.2, -0.15) is 0 Å². The number of rotatable bonds is 4. The van der Waals surface area contributed by atoms with Crippen LogP contribution in [0.25, 0.3) is 0 Å². The van der Waals surface area contributed by atoms with Gasteiger partial charge in [-0.15, -0.1) is 11.3 Å². The van der Waals surface area contributed by atoms with Crippen LogP contribution < -0.4 is 11.1 Å². The highest BCUT2D eigenvalue weighted by Gasteiger charge is 2.25. The third-order valence-corrected chi connectivity index (χ3v) is 4.56. The molecule has 106 valence electrons. The molecule has 4 nitrogen and oxygen atoms in total. The Morgan fingerprint density at radius 1 is 1.42 bits per heavy atom. The molecule has 0 bridgehead atoms. The van der Waals surface area contributed by atoms with Crippen LogP contribution >= 0.6 is 11.3 Å². The second kappa shape index (κ2) is 6.48. The average molecular weight is 281 g/mol. The highest BCUT2D eigenvalue weighted by Crippen LogP contribution is 2.28. The summed E-state index contributed by atoms with van der Waals surface area (Å²) in [5, 5.41) is 5.90. The number of thiazole rings is 1. The molecule has 0 aromatic carbocycles. The Kier molecular flexibility index (Phi) is 4.93. The van der Waals surface area contributed by atoms with E-state index in [0.29, 0.717) is 30.1 Å². The number of hydrogen-bond donors (Lipinski definition) is 2. The molecule has 1 aromatic rings. The van der Waals surface area contributed by atoms with E-state index in [1.165, 1.54) is 17.8 Å². The quantitative estimate of drug-likeness (QED) is 0.889. The maximum Gasteiger partial charge on any atom is 0.270 e. The molecule has 1 aromatic heterocycles. The SMILES string of the molecule is CC1CC(C)CC(NC(=O)c2csc(CCN)n2)C1. The molecule has 1 aliphatic rings. The topological polar surface area (TPSA) is 68.0 Å². The second-order valence-corrected chi connectivity index (χ2v) is 6.70. The molecule has 0 spiro atoms. The van der Waals surface area contributed by atoms with Gasteiger partial charge in [0, 0.05) is 17.8 Å². The summed E-state index contributed by atoms with van der Waals surface area (Å²) in [4.78, 5) is 16.5. The zero-order valence-corrected chi connectivity index (χ0v) is 12.5. The van der Waals surface area contributed by atoms with Gasteiger partial charge < -0.3 is 11.1 Å². The van der Waals surface area contributed by atoms with Crippen LogP contribution in [-0.4, -0.2) is 23.5 Å². The van der Waals surface area contributed by atoms with E-state index in [-0.39, 0.29) is 5.91 Å². The molecule has 1 heterocycles. The van der Waals surface area contributed by atoms with E-state index in [9.17, 15) is 4.79 Å². The van der Waals surface area contributed by atoms with Gasteiger partial charge in [0.2, 0.25) is 0 Å². The van der Waals surface area contributed by atoms with Crippen molar-refractivity contribution in [3.8, 4) is 0 Å². The fourth-order valence-electron chi connectivity index (χ4n) is 2.98. The van der Waals surface area contributed by atoms with Crippen LogP contribution in [0.1, 0.15) is 48.6 Å². The Labute approximate surface area is 118 Å². The summed E-state index contributed by atoms with van der Waals surface area (Å²) < 4.78 is 0. The number of carbonyl (C=O) groups is 1. The molecular formula is C14H23N3OS. The normalized spacial score (nSPS) is 27.2. The summed E-state index contributed by atoms with van der Waals surface area (Å²) in [6.45, 7) is 5.10. The summed E-state index contributed by atoms with van der Waals surface area (Å²) >= 11 is 1.51. The molecule has 1 aliphatic carbocycles. The maximum atomic E-state index is 12.1. The van der Waals surface area contributed by atoms with E-state index < -0.39 is 0 Å². The van der Waals surface area contributed by atoms with Gasteiger partial charge >= 0.3 is 0 Å². The third kappa shape index (κ3) is 4.01. The molecule has 0 saturated heterocycles. The highest BCUT2D eigenvalue weighted by molar-refractivity contribution is 7.09. The molecule has 3 N–H and O–H groups in total.